The topological polar surface area (TPSA) is 75.0 Å². The van der Waals surface area contributed by atoms with Crippen molar-refractivity contribution < 1.29 is 14.6 Å². The number of hydrogen-bond donors (Lipinski definition) is 1. The Morgan fingerprint density at radius 3 is 2.58 bits per heavy atom. The van der Waals surface area contributed by atoms with Gasteiger partial charge in [0.25, 0.3) is 5.56 Å². The van der Waals surface area contributed by atoms with Gasteiger partial charge < -0.3 is 19.3 Å². The van der Waals surface area contributed by atoms with Gasteiger partial charge in [-0.05, 0) is 36.1 Å². The lowest BCUT2D eigenvalue weighted by atomic mass is 9.82. The highest BCUT2D eigenvalue weighted by molar-refractivity contribution is 5.79. The molecule has 0 aliphatic carbocycles. The number of benzene rings is 1. The van der Waals surface area contributed by atoms with E-state index < -0.39 is 0 Å². The third-order valence-electron chi connectivity index (χ3n) is 6.83. The zero-order valence-corrected chi connectivity index (χ0v) is 17.7. The lowest BCUT2D eigenvalue weighted by molar-refractivity contribution is -0.133. The van der Waals surface area contributed by atoms with Crippen molar-refractivity contribution in [1.82, 2.24) is 14.4 Å². The first-order valence-electron chi connectivity index (χ1n) is 11.2. The van der Waals surface area contributed by atoms with E-state index in [1.165, 1.54) is 0 Å². The van der Waals surface area contributed by atoms with Crippen molar-refractivity contribution in [2.75, 3.05) is 39.4 Å². The number of ether oxygens (including phenoxy) is 1. The van der Waals surface area contributed by atoms with Gasteiger partial charge in [-0.15, -0.1) is 0 Å². The second-order valence-corrected chi connectivity index (χ2v) is 9.03. The predicted octanol–water partition coefficient (Wildman–Crippen LogP) is 1.57. The number of nitrogens with zero attached hydrogens (tertiary/aromatic N) is 3. The zero-order chi connectivity index (χ0) is 21.4. The van der Waals surface area contributed by atoms with Crippen molar-refractivity contribution in [3.8, 4) is 5.75 Å². The van der Waals surface area contributed by atoms with Gasteiger partial charge in [0.2, 0.25) is 5.91 Å². The van der Waals surface area contributed by atoms with Gasteiger partial charge in [-0.2, -0.15) is 0 Å². The van der Waals surface area contributed by atoms with Crippen LogP contribution in [-0.4, -0.2) is 64.8 Å². The van der Waals surface area contributed by atoms with Crippen LogP contribution >= 0.6 is 0 Å². The molecule has 7 nitrogen and oxygen atoms in total. The minimum Gasteiger partial charge on any atom is -0.508 e. The molecule has 1 amide bonds. The van der Waals surface area contributed by atoms with Crippen LogP contribution in [0.1, 0.15) is 29.2 Å². The number of pyridine rings is 1. The number of rotatable bonds is 4. The Balaban J connectivity index is 1.30. The molecule has 2 bridgehead atoms. The second kappa shape index (κ2) is 8.48. The number of carbonyl (C=O) groups excluding carboxylic acids is 1. The monoisotopic (exact) mass is 423 g/mol. The number of fused-ring (bicyclic) bond motifs is 4. The third-order valence-corrected chi connectivity index (χ3v) is 6.83. The normalized spacial score (nSPS) is 23.4. The van der Waals surface area contributed by atoms with Gasteiger partial charge in [0, 0.05) is 56.4 Å². The number of amides is 1. The molecule has 0 saturated carbocycles. The summed E-state index contributed by atoms with van der Waals surface area (Å²) in [6.45, 7) is 5.91. The number of phenols is 1. The summed E-state index contributed by atoms with van der Waals surface area (Å²) in [5.74, 6) is 0.839. The molecule has 3 aliphatic heterocycles. The first-order chi connectivity index (χ1) is 15.1. The Morgan fingerprint density at radius 2 is 1.81 bits per heavy atom. The molecule has 5 rings (SSSR count). The minimum absolute atomic E-state index is 0.111. The van der Waals surface area contributed by atoms with E-state index in [1.54, 1.807) is 24.3 Å². The van der Waals surface area contributed by atoms with Gasteiger partial charge in [0.1, 0.15) is 5.75 Å². The van der Waals surface area contributed by atoms with Crippen molar-refractivity contribution in [1.29, 1.82) is 0 Å². The smallest absolute Gasteiger partial charge is 0.255 e. The van der Waals surface area contributed by atoms with Crippen LogP contribution in [0.25, 0.3) is 0 Å². The first kappa shape index (κ1) is 20.3. The Labute approximate surface area is 181 Å². The summed E-state index contributed by atoms with van der Waals surface area (Å²) in [5, 5.41) is 9.44. The standard InChI is InChI=1S/C24H29N3O4/c28-21-4-1-17(2-5-21)12-23(29)26-13-18-11-20(16-26)22-6-3-19(24(30)27(22)14-18)15-25-7-9-31-10-8-25/h1-6,18,20,28H,7-16H2/t18-,20+/m0/s1. The second-order valence-electron chi connectivity index (χ2n) is 9.03. The summed E-state index contributed by atoms with van der Waals surface area (Å²) in [4.78, 5) is 30.4. The zero-order valence-electron chi connectivity index (χ0n) is 17.7. The number of phenolic OH excluding ortho intramolecular Hbond substituents is 1. The maximum Gasteiger partial charge on any atom is 0.255 e. The number of likely N-dealkylation sites (tertiary alicyclic amines) is 1. The molecule has 0 spiro atoms. The van der Waals surface area contributed by atoms with Crippen LogP contribution in [0.15, 0.2) is 41.2 Å². The average Bonchev–Trinajstić information content (AvgIpc) is 2.78. The van der Waals surface area contributed by atoms with Gasteiger partial charge in [0.15, 0.2) is 0 Å². The summed E-state index contributed by atoms with van der Waals surface area (Å²) in [7, 11) is 0. The third kappa shape index (κ3) is 4.25. The van der Waals surface area contributed by atoms with Crippen LogP contribution in [0.3, 0.4) is 0 Å². The Morgan fingerprint density at radius 1 is 1.03 bits per heavy atom. The fourth-order valence-electron chi connectivity index (χ4n) is 5.22. The molecule has 1 aromatic carbocycles. The molecule has 2 saturated heterocycles. The van der Waals surface area contributed by atoms with E-state index in [0.717, 1.165) is 49.5 Å². The number of aromatic hydroxyl groups is 1. The largest absolute Gasteiger partial charge is 0.508 e. The van der Waals surface area contributed by atoms with E-state index in [0.29, 0.717) is 38.5 Å². The van der Waals surface area contributed by atoms with Gasteiger partial charge in [-0.1, -0.05) is 18.2 Å². The van der Waals surface area contributed by atoms with Crippen molar-refractivity contribution in [3.63, 3.8) is 0 Å². The first-order valence-corrected chi connectivity index (χ1v) is 11.2. The lowest BCUT2D eigenvalue weighted by Crippen LogP contribution is -2.50. The molecule has 164 valence electrons. The number of piperidine rings is 1. The maximum atomic E-state index is 13.2. The van der Waals surface area contributed by atoms with E-state index in [1.807, 2.05) is 15.5 Å². The number of morpholine rings is 1. The molecule has 31 heavy (non-hydrogen) atoms. The predicted molar refractivity (Wildman–Crippen MR) is 116 cm³/mol. The molecule has 1 N–H and O–H groups in total. The van der Waals surface area contributed by atoms with Crippen LogP contribution in [0.4, 0.5) is 0 Å². The van der Waals surface area contributed by atoms with Crippen LogP contribution in [0.2, 0.25) is 0 Å². The molecule has 2 aromatic rings. The quantitative estimate of drug-likeness (QED) is 0.808. The summed E-state index contributed by atoms with van der Waals surface area (Å²) in [5.41, 5.74) is 2.95. The van der Waals surface area contributed by atoms with Crippen LogP contribution in [0, 0.1) is 5.92 Å². The molecule has 4 heterocycles. The van der Waals surface area contributed by atoms with E-state index in [4.69, 9.17) is 4.74 Å². The highest BCUT2D eigenvalue weighted by atomic mass is 16.5. The van der Waals surface area contributed by atoms with Crippen LogP contribution in [0.5, 0.6) is 5.75 Å². The molecule has 3 aliphatic rings. The SMILES string of the molecule is O=C(Cc1ccc(O)cc1)N1C[C@@H]2C[C@H](C1)c1ccc(CN3CCOCC3)c(=O)n1C2. The van der Waals surface area contributed by atoms with E-state index in [2.05, 4.69) is 11.0 Å². The molecular formula is C24H29N3O4. The summed E-state index contributed by atoms with van der Waals surface area (Å²) in [6, 6.07) is 10.9. The molecule has 2 atom stereocenters. The van der Waals surface area contributed by atoms with E-state index >= 15 is 0 Å². The van der Waals surface area contributed by atoms with Crippen LogP contribution < -0.4 is 5.56 Å². The summed E-state index contributed by atoms with van der Waals surface area (Å²) in [6.07, 6.45) is 1.37. The molecule has 0 radical (unpaired) electrons. The fourth-order valence-corrected chi connectivity index (χ4v) is 5.22. The maximum absolute atomic E-state index is 13.2. The number of hydrogen-bond acceptors (Lipinski definition) is 5. The van der Waals surface area contributed by atoms with Crippen LogP contribution in [-0.2, 0) is 29.0 Å². The highest BCUT2D eigenvalue weighted by Crippen LogP contribution is 2.35. The number of carbonyl (C=O) groups is 1. The molecule has 0 unspecified atom stereocenters. The molecule has 1 aromatic heterocycles. The summed E-state index contributed by atoms with van der Waals surface area (Å²) >= 11 is 0. The van der Waals surface area contributed by atoms with Gasteiger partial charge in [-0.25, -0.2) is 0 Å². The van der Waals surface area contributed by atoms with Crippen molar-refractivity contribution in [3.05, 3.63) is 63.6 Å². The average molecular weight is 424 g/mol. The van der Waals surface area contributed by atoms with Gasteiger partial charge >= 0.3 is 0 Å². The molecule has 2 fully saturated rings. The Hall–Kier alpha value is -2.64. The van der Waals surface area contributed by atoms with Crippen molar-refractivity contribution in [2.45, 2.75) is 31.8 Å². The minimum atomic E-state index is 0.111. The van der Waals surface area contributed by atoms with E-state index in [9.17, 15) is 14.7 Å². The van der Waals surface area contributed by atoms with Gasteiger partial charge in [0.05, 0.1) is 19.6 Å². The van der Waals surface area contributed by atoms with Crippen molar-refractivity contribution in [2.24, 2.45) is 5.92 Å². The van der Waals surface area contributed by atoms with E-state index in [-0.39, 0.29) is 23.1 Å². The molecule has 7 heteroatoms. The van der Waals surface area contributed by atoms with Crippen molar-refractivity contribution >= 4 is 5.91 Å². The Bertz CT molecular complexity index is 1010. The highest BCUT2D eigenvalue weighted by Gasteiger charge is 2.36. The summed E-state index contributed by atoms with van der Waals surface area (Å²) < 4.78 is 7.38. The molecular weight excluding hydrogens is 394 g/mol. The fraction of sp³-hybridized carbons (Fsp3) is 0.500. The lowest BCUT2D eigenvalue weighted by Gasteiger charge is -2.43. The Kier molecular flexibility index (Phi) is 5.54. The number of aromatic nitrogens is 1. The van der Waals surface area contributed by atoms with Gasteiger partial charge in [-0.3, -0.25) is 14.5 Å².